The third kappa shape index (κ3) is 2.74. The Hall–Kier alpha value is -0.900. The van der Waals surface area contributed by atoms with Crippen LogP contribution in [0.15, 0.2) is 30.3 Å². The Morgan fingerprint density at radius 3 is 2.78 bits per heavy atom. The van der Waals surface area contributed by atoms with Gasteiger partial charge in [0, 0.05) is 25.0 Å². The van der Waals surface area contributed by atoms with Crippen LogP contribution < -0.4 is 16.2 Å². The second-order valence-electron chi connectivity index (χ2n) is 5.71. The van der Waals surface area contributed by atoms with Crippen LogP contribution in [0.1, 0.15) is 31.4 Å². The average Bonchev–Trinajstić information content (AvgIpc) is 3.16. The molecule has 1 heterocycles. The van der Waals surface area contributed by atoms with Crippen molar-refractivity contribution in [1.82, 2.24) is 16.2 Å². The van der Waals surface area contributed by atoms with E-state index >= 15 is 0 Å². The summed E-state index contributed by atoms with van der Waals surface area (Å²) in [6.07, 6.45) is 2.83. The number of rotatable bonds is 5. The van der Waals surface area contributed by atoms with Crippen molar-refractivity contribution in [3.8, 4) is 0 Å². The number of hydrogen-bond acceptors (Lipinski definition) is 3. The lowest BCUT2D eigenvalue weighted by atomic mass is 9.94. The van der Waals surface area contributed by atoms with Crippen LogP contribution in [0.2, 0.25) is 0 Å². The van der Waals surface area contributed by atoms with Crippen LogP contribution in [-0.4, -0.2) is 19.1 Å². The van der Waals surface area contributed by atoms with Crippen molar-refractivity contribution in [1.29, 1.82) is 0 Å². The molecule has 2 fully saturated rings. The van der Waals surface area contributed by atoms with Gasteiger partial charge in [-0.15, -0.1) is 0 Å². The third-order valence-electron chi connectivity index (χ3n) is 4.28. The summed E-state index contributed by atoms with van der Waals surface area (Å²) in [6.45, 7) is 4.46. The zero-order valence-electron chi connectivity index (χ0n) is 11.0. The Bertz CT molecular complexity index is 375. The van der Waals surface area contributed by atoms with Gasteiger partial charge in [0.05, 0.1) is 6.04 Å². The molecular formula is C15H23N3. The Balaban J connectivity index is 1.57. The fourth-order valence-electron chi connectivity index (χ4n) is 2.84. The molecule has 1 saturated heterocycles. The van der Waals surface area contributed by atoms with Gasteiger partial charge >= 0.3 is 0 Å². The molecule has 1 aromatic carbocycles. The molecule has 3 nitrogen and oxygen atoms in total. The molecule has 3 rings (SSSR count). The van der Waals surface area contributed by atoms with Crippen molar-refractivity contribution < 1.29 is 0 Å². The van der Waals surface area contributed by atoms with Gasteiger partial charge in [-0.05, 0) is 31.2 Å². The monoisotopic (exact) mass is 245 g/mol. The summed E-state index contributed by atoms with van der Waals surface area (Å²) >= 11 is 0. The molecular weight excluding hydrogens is 222 g/mol. The quantitative estimate of drug-likeness (QED) is 0.741. The maximum absolute atomic E-state index is 3.71. The Morgan fingerprint density at radius 2 is 2.06 bits per heavy atom. The van der Waals surface area contributed by atoms with Gasteiger partial charge in [-0.2, -0.15) is 0 Å². The predicted molar refractivity (Wildman–Crippen MR) is 74.0 cm³/mol. The van der Waals surface area contributed by atoms with Crippen LogP contribution >= 0.6 is 0 Å². The number of benzene rings is 1. The minimum absolute atomic E-state index is 0.435. The van der Waals surface area contributed by atoms with Gasteiger partial charge in [-0.3, -0.25) is 5.43 Å². The Morgan fingerprint density at radius 1 is 1.28 bits per heavy atom. The van der Waals surface area contributed by atoms with Gasteiger partial charge in [-0.1, -0.05) is 30.3 Å². The highest BCUT2D eigenvalue weighted by molar-refractivity contribution is 5.20. The second kappa shape index (κ2) is 5.39. The van der Waals surface area contributed by atoms with Crippen LogP contribution in [0.25, 0.3) is 0 Å². The van der Waals surface area contributed by atoms with Crippen molar-refractivity contribution in [2.75, 3.05) is 13.1 Å². The van der Waals surface area contributed by atoms with Crippen LogP contribution in [0, 0.1) is 11.8 Å². The first-order valence-electron chi connectivity index (χ1n) is 7.11. The fraction of sp³-hybridized carbons (Fsp3) is 0.600. The molecule has 98 valence electrons. The summed E-state index contributed by atoms with van der Waals surface area (Å²) in [5, 5.41) is 3.71. The lowest BCUT2D eigenvalue weighted by molar-refractivity contribution is 0.398. The molecule has 1 aromatic rings. The van der Waals surface area contributed by atoms with Crippen LogP contribution in [0.4, 0.5) is 0 Å². The summed E-state index contributed by atoms with van der Waals surface area (Å²) in [7, 11) is 0. The van der Waals surface area contributed by atoms with E-state index in [0.29, 0.717) is 18.0 Å². The molecule has 0 radical (unpaired) electrons. The zero-order valence-corrected chi connectivity index (χ0v) is 11.0. The minimum atomic E-state index is 0.435. The minimum Gasteiger partial charge on any atom is -0.314 e. The fourth-order valence-corrected chi connectivity index (χ4v) is 2.84. The number of nitrogens with one attached hydrogen (secondary N) is 3. The molecule has 0 aromatic heterocycles. The molecule has 0 spiro atoms. The van der Waals surface area contributed by atoms with Gasteiger partial charge in [0.15, 0.2) is 0 Å². The average molecular weight is 245 g/mol. The van der Waals surface area contributed by atoms with Crippen LogP contribution in [0.3, 0.4) is 0 Å². The topological polar surface area (TPSA) is 36.1 Å². The summed E-state index contributed by atoms with van der Waals surface area (Å²) in [5.74, 6) is 1.57. The highest BCUT2D eigenvalue weighted by Crippen LogP contribution is 2.32. The first kappa shape index (κ1) is 12.2. The summed E-state index contributed by atoms with van der Waals surface area (Å²) < 4.78 is 0. The number of hydrogen-bond donors (Lipinski definition) is 3. The molecule has 3 atom stereocenters. The molecule has 2 aliphatic rings. The molecule has 1 aliphatic carbocycles. The largest absolute Gasteiger partial charge is 0.314 e. The van der Waals surface area contributed by atoms with Crippen molar-refractivity contribution in [2.24, 2.45) is 11.8 Å². The van der Waals surface area contributed by atoms with Gasteiger partial charge in [0.25, 0.3) is 0 Å². The van der Waals surface area contributed by atoms with Crippen LogP contribution in [0.5, 0.6) is 0 Å². The lowest BCUT2D eigenvalue weighted by Crippen LogP contribution is -2.35. The highest BCUT2D eigenvalue weighted by Gasteiger charge is 2.31. The molecule has 3 unspecified atom stereocenters. The molecule has 1 aliphatic heterocycles. The molecule has 1 saturated carbocycles. The molecule has 0 amide bonds. The van der Waals surface area contributed by atoms with E-state index in [0.717, 1.165) is 19.0 Å². The predicted octanol–water partition coefficient (Wildman–Crippen LogP) is 1.84. The normalized spacial score (nSPS) is 29.4. The first-order valence-corrected chi connectivity index (χ1v) is 7.11. The molecule has 0 bridgehead atoms. The van der Waals surface area contributed by atoms with E-state index in [-0.39, 0.29) is 0 Å². The molecule has 18 heavy (non-hydrogen) atoms. The maximum atomic E-state index is 3.71. The van der Waals surface area contributed by atoms with Gasteiger partial charge in [0.2, 0.25) is 0 Å². The standard InChI is InChI=1S/C15H23N3/c1-11(12-7-8-12)16-9-14-10-17-18-15(14)13-5-3-2-4-6-13/h2-6,11-12,14-18H,7-10H2,1H3. The van der Waals surface area contributed by atoms with Gasteiger partial charge in [-0.25, -0.2) is 5.43 Å². The van der Waals surface area contributed by atoms with E-state index in [2.05, 4.69) is 53.4 Å². The Labute approximate surface area is 109 Å². The maximum Gasteiger partial charge on any atom is 0.0515 e. The van der Waals surface area contributed by atoms with Gasteiger partial charge < -0.3 is 5.32 Å². The number of hydrazine groups is 1. The van der Waals surface area contributed by atoms with Crippen molar-refractivity contribution in [3.05, 3.63) is 35.9 Å². The Kier molecular flexibility index (Phi) is 3.64. The third-order valence-corrected chi connectivity index (χ3v) is 4.28. The summed E-state index contributed by atoms with van der Waals surface area (Å²) in [4.78, 5) is 0. The van der Waals surface area contributed by atoms with E-state index in [1.165, 1.54) is 18.4 Å². The van der Waals surface area contributed by atoms with Crippen molar-refractivity contribution in [3.63, 3.8) is 0 Å². The highest BCUT2D eigenvalue weighted by atomic mass is 15.4. The van der Waals surface area contributed by atoms with E-state index < -0.39 is 0 Å². The SMILES string of the molecule is CC(NCC1CNNC1c1ccccc1)C1CC1. The first-order chi connectivity index (χ1) is 8.84. The van der Waals surface area contributed by atoms with Gasteiger partial charge in [0.1, 0.15) is 0 Å². The smallest absolute Gasteiger partial charge is 0.0515 e. The lowest BCUT2D eigenvalue weighted by Gasteiger charge is -2.21. The summed E-state index contributed by atoms with van der Waals surface area (Å²) in [5.41, 5.74) is 8.08. The molecule has 3 heteroatoms. The van der Waals surface area contributed by atoms with Crippen LogP contribution in [-0.2, 0) is 0 Å². The van der Waals surface area contributed by atoms with Crippen molar-refractivity contribution >= 4 is 0 Å². The summed E-state index contributed by atoms with van der Waals surface area (Å²) in [6, 6.07) is 11.9. The van der Waals surface area contributed by atoms with Crippen molar-refractivity contribution in [2.45, 2.75) is 31.8 Å². The molecule has 3 N–H and O–H groups in total. The van der Waals surface area contributed by atoms with E-state index in [9.17, 15) is 0 Å². The van der Waals surface area contributed by atoms with E-state index in [4.69, 9.17) is 0 Å². The second-order valence-corrected chi connectivity index (χ2v) is 5.71. The zero-order chi connectivity index (χ0) is 12.4. The van der Waals surface area contributed by atoms with E-state index in [1.807, 2.05) is 0 Å². The van der Waals surface area contributed by atoms with E-state index in [1.54, 1.807) is 0 Å².